The molecule has 3 aliphatic heterocycles. The van der Waals surface area contributed by atoms with Gasteiger partial charge in [-0.05, 0) is 25.3 Å². The molecule has 0 spiro atoms. The van der Waals surface area contributed by atoms with Crippen LogP contribution in [0.2, 0.25) is 0 Å². The molecular weight excluding hydrogens is 538 g/mol. The van der Waals surface area contributed by atoms with Gasteiger partial charge in [0.15, 0.2) is 18.1 Å². The second kappa shape index (κ2) is 12.3. The molecule has 0 bridgehead atoms. The highest BCUT2D eigenvalue weighted by Crippen LogP contribution is 2.34. The molecule has 8 N–H and O–H groups in total. The topological polar surface area (TPSA) is 254 Å². The molecule has 0 aromatic carbocycles. The average molecular weight is 570 g/mol. The highest BCUT2D eigenvalue weighted by Gasteiger charge is 2.52. The van der Waals surface area contributed by atoms with Crippen molar-refractivity contribution in [1.29, 1.82) is 0 Å². The van der Waals surface area contributed by atoms with E-state index in [-0.39, 0.29) is 5.91 Å². The number of rotatable bonds is 8. The maximum absolute atomic E-state index is 12.8. The number of hydrogen-bond donors (Lipinski definition) is 7. The molecule has 0 aliphatic carbocycles. The Morgan fingerprint density at radius 2 is 1.95 bits per heavy atom. The summed E-state index contributed by atoms with van der Waals surface area (Å²) in [5.74, 6) is -2.91. The predicted molar refractivity (Wildman–Crippen MR) is 130 cm³/mol. The van der Waals surface area contributed by atoms with Crippen LogP contribution >= 0.6 is 0 Å². The van der Waals surface area contributed by atoms with E-state index < -0.39 is 84.0 Å². The molecule has 4 heterocycles. The summed E-state index contributed by atoms with van der Waals surface area (Å²) in [4.78, 5) is 63.2. The van der Waals surface area contributed by atoms with Gasteiger partial charge in [0, 0.05) is 25.9 Å². The number of aromatic amines is 1. The van der Waals surface area contributed by atoms with Crippen LogP contribution in [0.1, 0.15) is 25.5 Å². The summed E-state index contributed by atoms with van der Waals surface area (Å²) in [6, 6.07) is 0.158. The van der Waals surface area contributed by atoms with Crippen molar-refractivity contribution in [3.05, 3.63) is 44.9 Å². The van der Waals surface area contributed by atoms with Crippen LogP contribution in [0.4, 0.5) is 0 Å². The number of aliphatic hydroxyl groups is 3. The van der Waals surface area contributed by atoms with Crippen molar-refractivity contribution < 1.29 is 48.7 Å². The lowest BCUT2D eigenvalue weighted by atomic mass is 10.0. The summed E-state index contributed by atoms with van der Waals surface area (Å²) in [5, 5.41) is 36.8. The summed E-state index contributed by atoms with van der Waals surface area (Å²) in [6.45, 7) is 0.470. The molecule has 3 amide bonds. The molecule has 1 aromatic heterocycles. The van der Waals surface area contributed by atoms with E-state index in [2.05, 4.69) is 10.6 Å². The van der Waals surface area contributed by atoms with Crippen molar-refractivity contribution in [2.75, 3.05) is 13.7 Å². The molecule has 4 rings (SSSR count). The van der Waals surface area contributed by atoms with E-state index in [1.807, 2.05) is 4.98 Å². The van der Waals surface area contributed by atoms with Crippen LogP contribution in [0.25, 0.3) is 0 Å². The highest BCUT2D eigenvalue weighted by molar-refractivity contribution is 5.95. The second-order valence-electron chi connectivity index (χ2n) is 9.47. The molecule has 0 saturated carbocycles. The molecule has 17 heteroatoms. The predicted octanol–water partition coefficient (Wildman–Crippen LogP) is -4.57. The SMILES string of the molecule is COC1C(O)[C@H](n2ccc(=O)[nH]c2=O)O[C@@H]1[C@@H](O[C@H]1OC(C(=O)N[C@H]2CCCCNC2=O)=C[C@H](O)[C@@H]1O)C(N)=O. The van der Waals surface area contributed by atoms with E-state index >= 15 is 0 Å². The summed E-state index contributed by atoms with van der Waals surface area (Å²) in [5.41, 5.74) is 3.91. The monoisotopic (exact) mass is 569 g/mol. The maximum atomic E-state index is 12.8. The first kappa shape index (κ1) is 29.4. The number of H-pyrrole nitrogens is 1. The van der Waals surface area contributed by atoms with Crippen molar-refractivity contribution in [2.45, 2.75) is 74.4 Å². The maximum Gasteiger partial charge on any atom is 0.330 e. The van der Waals surface area contributed by atoms with Gasteiger partial charge in [-0.1, -0.05) is 0 Å². The van der Waals surface area contributed by atoms with Gasteiger partial charge < -0.3 is 50.6 Å². The van der Waals surface area contributed by atoms with Gasteiger partial charge in [-0.25, -0.2) is 4.79 Å². The number of nitrogens with zero attached hydrogens (tertiary/aromatic N) is 1. The van der Waals surface area contributed by atoms with Crippen LogP contribution in [0, 0.1) is 0 Å². The van der Waals surface area contributed by atoms with Gasteiger partial charge >= 0.3 is 5.69 Å². The molecule has 17 nitrogen and oxygen atoms in total. The van der Waals surface area contributed by atoms with Crippen LogP contribution in [-0.4, -0.2) is 105 Å². The van der Waals surface area contributed by atoms with Gasteiger partial charge in [0.25, 0.3) is 11.5 Å². The molecule has 3 aliphatic rings. The lowest BCUT2D eigenvalue weighted by Gasteiger charge is -2.35. The lowest BCUT2D eigenvalue weighted by Crippen LogP contribution is -2.54. The van der Waals surface area contributed by atoms with Crippen molar-refractivity contribution >= 4 is 17.7 Å². The Labute approximate surface area is 225 Å². The molecule has 2 fully saturated rings. The zero-order valence-corrected chi connectivity index (χ0v) is 21.3. The highest BCUT2D eigenvalue weighted by atomic mass is 16.7. The van der Waals surface area contributed by atoms with Gasteiger partial charge in [0.05, 0.1) is 0 Å². The zero-order valence-electron chi connectivity index (χ0n) is 21.3. The van der Waals surface area contributed by atoms with Crippen LogP contribution in [0.5, 0.6) is 0 Å². The number of ether oxygens (including phenoxy) is 4. The largest absolute Gasteiger partial charge is 0.456 e. The minimum Gasteiger partial charge on any atom is -0.456 e. The molecule has 0 radical (unpaired) electrons. The number of aliphatic hydroxyl groups excluding tert-OH is 3. The van der Waals surface area contributed by atoms with Gasteiger partial charge in [-0.2, -0.15) is 0 Å². The van der Waals surface area contributed by atoms with Crippen LogP contribution in [-0.2, 0) is 33.3 Å². The Hall–Kier alpha value is -3.61. The quantitative estimate of drug-likeness (QED) is 0.156. The van der Waals surface area contributed by atoms with Crippen LogP contribution < -0.4 is 27.6 Å². The van der Waals surface area contributed by atoms with Gasteiger partial charge in [0.1, 0.15) is 36.6 Å². The van der Waals surface area contributed by atoms with Crippen molar-refractivity contribution in [1.82, 2.24) is 20.2 Å². The first-order valence-corrected chi connectivity index (χ1v) is 12.5. The fourth-order valence-corrected chi connectivity index (χ4v) is 4.69. The van der Waals surface area contributed by atoms with E-state index in [4.69, 9.17) is 24.7 Å². The van der Waals surface area contributed by atoms with E-state index in [9.17, 15) is 39.3 Å². The molecule has 2 unspecified atom stereocenters. The molecular formula is C23H31N5O12. The van der Waals surface area contributed by atoms with E-state index in [1.54, 1.807) is 0 Å². The number of nitrogens with two attached hydrogens (primary N) is 1. The third-order valence-corrected chi connectivity index (χ3v) is 6.76. The number of hydrogen-bond acceptors (Lipinski definition) is 12. The Morgan fingerprint density at radius 3 is 2.62 bits per heavy atom. The minimum absolute atomic E-state index is 0.374. The fraction of sp³-hybridized carbons (Fsp3) is 0.609. The normalized spacial score (nSPS) is 33.2. The van der Waals surface area contributed by atoms with Crippen LogP contribution in [0.15, 0.2) is 33.7 Å². The first-order valence-electron chi connectivity index (χ1n) is 12.5. The number of carbonyl (C=O) groups excluding carboxylic acids is 3. The van der Waals surface area contributed by atoms with Crippen molar-refractivity contribution in [3.8, 4) is 0 Å². The van der Waals surface area contributed by atoms with Crippen molar-refractivity contribution in [3.63, 3.8) is 0 Å². The van der Waals surface area contributed by atoms with Gasteiger partial charge in [-0.3, -0.25) is 28.7 Å². The first-order chi connectivity index (χ1) is 19.0. The Balaban J connectivity index is 1.52. The summed E-state index contributed by atoms with van der Waals surface area (Å²) in [6.07, 6.45) is -9.13. The lowest BCUT2D eigenvalue weighted by molar-refractivity contribution is -0.241. The Kier molecular flexibility index (Phi) is 9.02. The van der Waals surface area contributed by atoms with Crippen molar-refractivity contribution in [2.24, 2.45) is 5.73 Å². The number of primary amides is 1. The molecule has 2 saturated heterocycles. The second-order valence-corrected chi connectivity index (χ2v) is 9.47. The fourth-order valence-electron chi connectivity index (χ4n) is 4.69. The minimum atomic E-state index is -1.84. The standard InChI is InChI=1S/C23H31N5O12/c1-37-15-14(32)21(28-7-5-12(30)27-23(28)36)39-16(15)17(18(24)33)40-22-13(31)10(29)8-11(38-22)20(35)26-9-4-2-3-6-25-19(9)34/h5,7-10,13-17,21-22,29,31-32H,2-4,6H2,1H3,(H2,24,33)(H,25,34)(H,26,35)(H,27,30,36)/t9-,10-,13-,14?,15?,16-,17+,21+,22+/m0/s1. The number of nitrogens with one attached hydrogen (secondary N) is 3. The van der Waals surface area contributed by atoms with Gasteiger partial charge in [-0.15, -0.1) is 0 Å². The van der Waals surface area contributed by atoms with Gasteiger partial charge in [0.2, 0.25) is 18.1 Å². The summed E-state index contributed by atoms with van der Waals surface area (Å²) >= 11 is 0. The molecule has 1 aromatic rings. The third kappa shape index (κ3) is 6.08. The number of methoxy groups -OCH3 is 1. The Bertz CT molecular complexity index is 1260. The smallest absolute Gasteiger partial charge is 0.330 e. The van der Waals surface area contributed by atoms with E-state index in [1.165, 1.54) is 7.11 Å². The zero-order chi connectivity index (χ0) is 29.1. The third-order valence-electron chi connectivity index (χ3n) is 6.76. The van der Waals surface area contributed by atoms with E-state index in [0.717, 1.165) is 29.3 Å². The average Bonchev–Trinajstić information content (AvgIpc) is 3.08. The number of aromatic nitrogens is 2. The number of amides is 3. The Morgan fingerprint density at radius 1 is 1.20 bits per heavy atom. The summed E-state index contributed by atoms with van der Waals surface area (Å²) < 4.78 is 22.9. The number of carbonyl (C=O) groups is 3. The van der Waals surface area contributed by atoms with E-state index in [0.29, 0.717) is 19.4 Å². The molecule has 9 atom stereocenters. The molecule has 220 valence electrons. The summed E-state index contributed by atoms with van der Waals surface area (Å²) in [7, 11) is 1.19. The van der Waals surface area contributed by atoms with Crippen LogP contribution in [0.3, 0.4) is 0 Å². The molecule has 40 heavy (non-hydrogen) atoms.